The Hall–Kier alpha value is -2.38. The third-order valence-electron chi connectivity index (χ3n) is 5.17. The second kappa shape index (κ2) is 8.32. The first kappa shape index (κ1) is 20.4. The summed E-state index contributed by atoms with van der Waals surface area (Å²) in [6, 6.07) is 10.7. The van der Waals surface area contributed by atoms with Crippen LogP contribution in [0, 0.1) is 13.8 Å². The SMILES string of the molecule is Cc1cccc(O[C@H](C)C(=O)NNS(=O)(=O)c2ccc3c(c2)CCCC3)c1C. The third-order valence-corrected chi connectivity index (χ3v) is 6.41. The average Bonchev–Trinajstić information content (AvgIpc) is 2.69. The summed E-state index contributed by atoms with van der Waals surface area (Å²) < 4.78 is 30.8. The number of ether oxygens (including phenoxy) is 1. The largest absolute Gasteiger partial charge is 0.481 e. The summed E-state index contributed by atoms with van der Waals surface area (Å²) in [5, 5.41) is 0. The van der Waals surface area contributed by atoms with Gasteiger partial charge in [-0.1, -0.05) is 18.2 Å². The third kappa shape index (κ3) is 4.54. The van der Waals surface area contributed by atoms with Crippen LogP contribution in [0.2, 0.25) is 0 Å². The summed E-state index contributed by atoms with van der Waals surface area (Å²) >= 11 is 0. The highest BCUT2D eigenvalue weighted by molar-refractivity contribution is 7.89. The van der Waals surface area contributed by atoms with Crippen LogP contribution in [-0.2, 0) is 27.7 Å². The van der Waals surface area contributed by atoms with Crippen molar-refractivity contribution in [2.24, 2.45) is 0 Å². The summed E-state index contributed by atoms with van der Waals surface area (Å²) in [5.74, 6) is 0.0302. The van der Waals surface area contributed by atoms with Crippen LogP contribution in [-0.4, -0.2) is 20.4 Å². The minimum Gasteiger partial charge on any atom is -0.481 e. The van der Waals surface area contributed by atoms with Gasteiger partial charge in [0, 0.05) is 0 Å². The number of aryl methyl sites for hydroxylation is 3. The van der Waals surface area contributed by atoms with Gasteiger partial charge in [-0.2, -0.15) is 0 Å². The Bertz CT molecular complexity index is 986. The van der Waals surface area contributed by atoms with Gasteiger partial charge in [0.2, 0.25) is 0 Å². The zero-order valence-corrected chi connectivity index (χ0v) is 17.2. The number of amides is 1. The molecule has 0 aromatic heterocycles. The van der Waals surface area contributed by atoms with Gasteiger partial charge in [-0.05, 0) is 86.9 Å². The van der Waals surface area contributed by atoms with Crippen LogP contribution in [0.3, 0.4) is 0 Å². The van der Waals surface area contributed by atoms with Crippen LogP contribution in [0.25, 0.3) is 0 Å². The van der Waals surface area contributed by atoms with Gasteiger partial charge in [-0.25, -0.2) is 8.42 Å². The predicted molar refractivity (Wildman–Crippen MR) is 108 cm³/mol. The fourth-order valence-electron chi connectivity index (χ4n) is 3.25. The molecule has 2 N–H and O–H groups in total. The zero-order valence-electron chi connectivity index (χ0n) is 16.4. The molecule has 7 heteroatoms. The first-order valence-corrected chi connectivity index (χ1v) is 10.9. The normalized spacial score (nSPS) is 14.8. The minimum absolute atomic E-state index is 0.150. The van der Waals surface area contributed by atoms with Crippen LogP contribution in [0.5, 0.6) is 5.75 Å². The molecule has 0 aliphatic heterocycles. The van der Waals surface area contributed by atoms with Gasteiger partial charge in [0.15, 0.2) is 6.10 Å². The van der Waals surface area contributed by atoms with Crippen LogP contribution in [0.15, 0.2) is 41.3 Å². The molecular weight excluding hydrogens is 376 g/mol. The lowest BCUT2D eigenvalue weighted by Gasteiger charge is -2.18. The molecule has 0 bridgehead atoms. The molecule has 0 saturated heterocycles. The number of hydrogen-bond acceptors (Lipinski definition) is 4. The highest BCUT2D eigenvalue weighted by atomic mass is 32.2. The maximum absolute atomic E-state index is 12.5. The zero-order chi connectivity index (χ0) is 20.3. The predicted octanol–water partition coefficient (Wildman–Crippen LogP) is 2.96. The molecule has 0 spiro atoms. The van der Waals surface area contributed by atoms with Crippen molar-refractivity contribution < 1.29 is 17.9 Å². The Morgan fingerprint density at radius 3 is 2.54 bits per heavy atom. The lowest BCUT2D eigenvalue weighted by atomic mass is 9.92. The van der Waals surface area contributed by atoms with Gasteiger partial charge >= 0.3 is 0 Å². The Labute approximate surface area is 166 Å². The monoisotopic (exact) mass is 402 g/mol. The topological polar surface area (TPSA) is 84.5 Å². The van der Waals surface area contributed by atoms with E-state index in [0.717, 1.165) is 42.4 Å². The van der Waals surface area contributed by atoms with E-state index in [9.17, 15) is 13.2 Å². The maximum Gasteiger partial charge on any atom is 0.275 e. The van der Waals surface area contributed by atoms with E-state index in [2.05, 4.69) is 10.3 Å². The van der Waals surface area contributed by atoms with Gasteiger partial charge < -0.3 is 4.74 Å². The van der Waals surface area contributed by atoms with Gasteiger partial charge in [-0.3, -0.25) is 10.2 Å². The summed E-state index contributed by atoms with van der Waals surface area (Å²) in [7, 11) is -3.85. The first-order valence-electron chi connectivity index (χ1n) is 9.44. The highest BCUT2D eigenvalue weighted by Crippen LogP contribution is 2.24. The van der Waals surface area contributed by atoms with Gasteiger partial charge in [0.1, 0.15) is 5.75 Å². The lowest BCUT2D eigenvalue weighted by molar-refractivity contribution is -0.127. The van der Waals surface area contributed by atoms with Gasteiger partial charge in [0.05, 0.1) is 4.90 Å². The lowest BCUT2D eigenvalue weighted by Crippen LogP contribution is -2.47. The van der Waals surface area contributed by atoms with E-state index < -0.39 is 22.0 Å². The highest BCUT2D eigenvalue weighted by Gasteiger charge is 2.21. The average molecular weight is 403 g/mol. The van der Waals surface area contributed by atoms with Crippen molar-refractivity contribution in [1.29, 1.82) is 0 Å². The Kier molecular flexibility index (Phi) is 6.05. The second-order valence-electron chi connectivity index (χ2n) is 7.19. The Morgan fingerprint density at radius 1 is 1.07 bits per heavy atom. The van der Waals surface area contributed by atoms with Crippen LogP contribution < -0.4 is 15.0 Å². The summed E-state index contributed by atoms with van der Waals surface area (Å²) in [5.41, 5.74) is 6.51. The van der Waals surface area contributed by atoms with Crippen molar-refractivity contribution in [3.63, 3.8) is 0 Å². The number of fused-ring (bicyclic) bond motifs is 1. The van der Waals surface area contributed by atoms with Gasteiger partial charge in [0.25, 0.3) is 15.9 Å². The molecule has 0 radical (unpaired) electrons. The summed E-state index contributed by atoms with van der Waals surface area (Å²) in [4.78, 5) is 14.6. The fraction of sp³-hybridized carbons (Fsp3) is 0.381. The molecule has 3 rings (SSSR count). The second-order valence-corrected chi connectivity index (χ2v) is 8.87. The molecule has 0 heterocycles. The molecule has 1 aliphatic carbocycles. The van der Waals surface area contributed by atoms with E-state index in [4.69, 9.17) is 4.74 Å². The molecule has 0 unspecified atom stereocenters. The number of hydrogen-bond donors (Lipinski definition) is 2. The molecule has 2 aromatic carbocycles. The van der Waals surface area contributed by atoms with E-state index in [1.807, 2.05) is 32.0 Å². The summed E-state index contributed by atoms with van der Waals surface area (Å²) in [6.45, 7) is 5.44. The van der Waals surface area contributed by atoms with Crippen molar-refractivity contribution in [3.8, 4) is 5.75 Å². The van der Waals surface area contributed by atoms with Crippen molar-refractivity contribution in [1.82, 2.24) is 10.3 Å². The number of rotatable bonds is 6. The van der Waals surface area contributed by atoms with Crippen molar-refractivity contribution >= 4 is 15.9 Å². The molecule has 150 valence electrons. The number of sulfonamides is 1. The standard InChI is InChI=1S/C21H26N2O4S/c1-14-7-6-10-20(15(14)2)27-16(3)21(24)22-23-28(25,26)19-12-11-17-8-4-5-9-18(17)13-19/h6-7,10-13,16,23H,4-5,8-9H2,1-3H3,(H,22,24)/t16-/m1/s1. The molecule has 0 saturated carbocycles. The molecule has 0 fully saturated rings. The quantitative estimate of drug-likeness (QED) is 0.728. The van der Waals surface area contributed by atoms with E-state index in [1.165, 1.54) is 5.56 Å². The van der Waals surface area contributed by atoms with Crippen LogP contribution in [0.4, 0.5) is 0 Å². The number of carbonyl (C=O) groups is 1. The van der Waals surface area contributed by atoms with E-state index in [-0.39, 0.29) is 4.90 Å². The van der Waals surface area contributed by atoms with Crippen LogP contribution >= 0.6 is 0 Å². The Morgan fingerprint density at radius 2 is 1.79 bits per heavy atom. The fourth-order valence-corrected chi connectivity index (χ4v) is 4.15. The first-order chi connectivity index (χ1) is 13.3. The number of benzene rings is 2. The van der Waals surface area contributed by atoms with Gasteiger partial charge in [-0.15, -0.1) is 4.83 Å². The van der Waals surface area contributed by atoms with Crippen molar-refractivity contribution in [2.75, 3.05) is 0 Å². The molecule has 1 amide bonds. The van der Waals surface area contributed by atoms with Crippen LogP contribution in [0.1, 0.15) is 42.0 Å². The Balaban J connectivity index is 1.63. The number of carbonyl (C=O) groups excluding carboxylic acids is 1. The smallest absolute Gasteiger partial charge is 0.275 e. The minimum atomic E-state index is -3.85. The maximum atomic E-state index is 12.5. The van der Waals surface area contributed by atoms with E-state index >= 15 is 0 Å². The number of nitrogens with one attached hydrogen (secondary N) is 2. The molecule has 6 nitrogen and oxygen atoms in total. The number of hydrazine groups is 1. The molecule has 1 atom stereocenters. The van der Waals surface area contributed by atoms with E-state index in [1.54, 1.807) is 25.1 Å². The van der Waals surface area contributed by atoms with E-state index in [0.29, 0.717) is 5.75 Å². The summed E-state index contributed by atoms with van der Waals surface area (Å²) in [6.07, 6.45) is 3.20. The van der Waals surface area contributed by atoms with Crippen molar-refractivity contribution in [3.05, 3.63) is 58.7 Å². The molecule has 28 heavy (non-hydrogen) atoms. The molecular formula is C21H26N2O4S. The molecule has 2 aromatic rings. The molecule has 1 aliphatic rings. The van der Waals surface area contributed by atoms with Crippen molar-refractivity contribution in [2.45, 2.75) is 57.5 Å².